The number of nitriles is 1. The number of morpholine rings is 1. The number of aromatic nitrogens is 3. The number of fused-ring (bicyclic) bond motifs is 1. The zero-order valence-corrected chi connectivity index (χ0v) is 14.2. The van der Waals surface area contributed by atoms with E-state index < -0.39 is 0 Å². The lowest BCUT2D eigenvalue weighted by Gasteiger charge is -2.35. The van der Waals surface area contributed by atoms with Crippen LogP contribution < -0.4 is 0 Å². The molecular weight excluding hydrogens is 318 g/mol. The van der Waals surface area contributed by atoms with Crippen molar-refractivity contribution in [3.05, 3.63) is 53.5 Å². The number of rotatable bonds is 3. The Morgan fingerprint density at radius 1 is 1.32 bits per heavy atom. The molecule has 2 atom stereocenters. The van der Waals surface area contributed by atoms with Gasteiger partial charge in [-0.05, 0) is 19.1 Å². The van der Waals surface area contributed by atoms with Crippen molar-refractivity contribution >= 4 is 5.52 Å². The van der Waals surface area contributed by atoms with Gasteiger partial charge in [0.1, 0.15) is 12.2 Å². The molecule has 25 heavy (non-hydrogen) atoms. The van der Waals surface area contributed by atoms with Crippen molar-refractivity contribution in [1.82, 2.24) is 19.5 Å². The monoisotopic (exact) mass is 337 g/mol. The number of nitrogens with zero attached hydrogens (tertiary/aromatic N) is 5. The second kappa shape index (κ2) is 6.31. The predicted molar refractivity (Wildman–Crippen MR) is 89.7 cm³/mol. The molecule has 0 radical (unpaired) electrons. The number of hydrogen-bond donors (Lipinski definition) is 0. The summed E-state index contributed by atoms with van der Waals surface area (Å²) in [6.45, 7) is 5.93. The highest BCUT2D eigenvalue weighted by atomic mass is 16.5. The van der Waals surface area contributed by atoms with Crippen LogP contribution in [0.25, 0.3) is 5.52 Å². The molecule has 7 heteroatoms. The fourth-order valence-corrected chi connectivity index (χ4v) is 3.41. The summed E-state index contributed by atoms with van der Waals surface area (Å²) in [5.74, 6) is 1.05. The fraction of sp³-hybridized carbons (Fsp3) is 0.389. The Hall–Kier alpha value is -2.69. The molecule has 1 aliphatic rings. The molecule has 1 fully saturated rings. The summed E-state index contributed by atoms with van der Waals surface area (Å²) in [6.07, 6.45) is 3.80. The maximum Gasteiger partial charge on any atom is 0.246 e. The predicted octanol–water partition coefficient (Wildman–Crippen LogP) is 2.46. The second-order valence-electron chi connectivity index (χ2n) is 6.42. The van der Waals surface area contributed by atoms with Crippen LogP contribution in [0.1, 0.15) is 35.9 Å². The van der Waals surface area contributed by atoms with Crippen molar-refractivity contribution in [3.8, 4) is 6.07 Å². The Bertz CT molecular complexity index is 938. The summed E-state index contributed by atoms with van der Waals surface area (Å²) in [5.41, 5.74) is 2.68. The molecule has 0 bridgehead atoms. The third kappa shape index (κ3) is 3.02. The zero-order valence-electron chi connectivity index (χ0n) is 14.2. The molecule has 1 saturated heterocycles. The van der Waals surface area contributed by atoms with E-state index in [4.69, 9.17) is 9.15 Å². The Morgan fingerprint density at radius 2 is 2.20 bits per heavy atom. The lowest BCUT2D eigenvalue weighted by Crippen LogP contribution is -2.42. The van der Waals surface area contributed by atoms with Crippen LogP contribution in [-0.4, -0.2) is 38.7 Å². The van der Waals surface area contributed by atoms with E-state index in [1.165, 1.54) is 0 Å². The Labute approximate surface area is 145 Å². The van der Waals surface area contributed by atoms with E-state index in [1.807, 2.05) is 41.9 Å². The Morgan fingerprint density at radius 3 is 2.96 bits per heavy atom. The van der Waals surface area contributed by atoms with E-state index in [1.54, 1.807) is 6.92 Å². The first-order valence-electron chi connectivity index (χ1n) is 8.30. The summed E-state index contributed by atoms with van der Waals surface area (Å²) in [5, 5.41) is 17.6. The lowest BCUT2D eigenvalue weighted by molar-refractivity contribution is -0.0917. The van der Waals surface area contributed by atoms with Gasteiger partial charge in [-0.1, -0.05) is 6.07 Å². The number of aryl methyl sites for hydroxylation is 1. The molecule has 4 rings (SSSR count). The quantitative estimate of drug-likeness (QED) is 0.730. The van der Waals surface area contributed by atoms with E-state index in [2.05, 4.69) is 21.2 Å². The molecular formula is C18H19N5O2. The van der Waals surface area contributed by atoms with Gasteiger partial charge in [0.15, 0.2) is 0 Å². The average molecular weight is 337 g/mol. The highest BCUT2D eigenvalue weighted by Gasteiger charge is 2.30. The minimum absolute atomic E-state index is 0.0496. The molecule has 4 heterocycles. The number of ether oxygens (including phenoxy) is 1. The van der Waals surface area contributed by atoms with Gasteiger partial charge < -0.3 is 13.6 Å². The van der Waals surface area contributed by atoms with Gasteiger partial charge in [-0.15, -0.1) is 10.2 Å². The fourth-order valence-electron chi connectivity index (χ4n) is 3.41. The highest BCUT2D eigenvalue weighted by Crippen LogP contribution is 2.27. The van der Waals surface area contributed by atoms with E-state index in [9.17, 15) is 5.26 Å². The summed E-state index contributed by atoms with van der Waals surface area (Å²) >= 11 is 0. The smallest absolute Gasteiger partial charge is 0.246 e. The summed E-state index contributed by atoms with van der Waals surface area (Å²) in [6, 6.07) is 8.22. The SMILES string of the molecule is Cc1nnc([C@H]2CN(Cc3cn4ccccc4c3C#N)C[C@@H](C)O2)o1. The second-order valence-corrected chi connectivity index (χ2v) is 6.42. The van der Waals surface area contributed by atoms with Crippen LogP contribution in [0.3, 0.4) is 0 Å². The minimum atomic E-state index is -0.243. The zero-order chi connectivity index (χ0) is 17.4. The van der Waals surface area contributed by atoms with Gasteiger partial charge in [0.05, 0.1) is 17.2 Å². The van der Waals surface area contributed by atoms with Crippen LogP contribution in [-0.2, 0) is 11.3 Å². The van der Waals surface area contributed by atoms with E-state index in [0.29, 0.717) is 24.9 Å². The summed E-state index contributed by atoms with van der Waals surface area (Å²) < 4.78 is 13.5. The van der Waals surface area contributed by atoms with Crippen molar-refractivity contribution < 1.29 is 9.15 Å². The third-order valence-corrected chi connectivity index (χ3v) is 4.42. The first-order chi connectivity index (χ1) is 12.1. The first-order valence-corrected chi connectivity index (χ1v) is 8.30. The molecule has 0 N–H and O–H groups in total. The van der Waals surface area contributed by atoms with Crippen LogP contribution in [0.5, 0.6) is 0 Å². The third-order valence-electron chi connectivity index (χ3n) is 4.42. The maximum atomic E-state index is 9.58. The molecule has 0 spiro atoms. The molecule has 3 aromatic rings. The highest BCUT2D eigenvalue weighted by molar-refractivity contribution is 5.65. The minimum Gasteiger partial charge on any atom is -0.423 e. The van der Waals surface area contributed by atoms with Crippen molar-refractivity contribution in [2.24, 2.45) is 0 Å². The molecule has 1 aliphatic heterocycles. The van der Waals surface area contributed by atoms with E-state index in [0.717, 1.165) is 23.2 Å². The molecule has 0 amide bonds. The molecule has 0 unspecified atom stereocenters. The van der Waals surface area contributed by atoms with Crippen LogP contribution in [0.4, 0.5) is 0 Å². The van der Waals surface area contributed by atoms with Crippen LogP contribution in [0, 0.1) is 18.3 Å². The standard InChI is InChI=1S/C18H19N5O2/c1-12-8-22(11-17(24-12)18-21-20-13(2)25-18)9-14-10-23-6-4-3-5-16(23)15(14)7-19/h3-6,10,12,17H,8-9,11H2,1-2H3/t12-,17-/m1/s1. The Balaban J connectivity index is 1.59. The topological polar surface area (TPSA) is 79.6 Å². The van der Waals surface area contributed by atoms with Gasteiger partial charge in [0, 0.05) is 44.5 Å². The lowest BCUT2D eigenvalue weighted by atomic mass is 10.1. The summed E-state index contributed by atoms with van der Waals surface area (Å²) in [4.78, 5) is 2.27. The van der Waals surface area contributed by atoms with Crippen molar-refractivity contribution in [1.29, 1.82) is 5.26 Å². The normalized spacial score (nSPS) is 21.5. The van der Waals surface area contributed by atoms with E-state index >= 15 is 0 Å². The first kappa shape index (κ1) is 15.8. The maximum absolute atomic E-state index is 9.58. The molecule has 0 aliphatic carbocycles. The van der Waals surface area contributed by atoms with Gasteiger partial charge in [-0.2, -0.15) is 5.26 Å². The molecule has 128 valence electrons. The largest absolute Gasteiger partial charge is 0.423 e. The van der Waals surface area contributed by atoms with Gasteiger partial charge in [-0.3, -0.25) is 4.90 Å². The number of pyridine rings is 1. The van der Waals surface area contributed by atoms with Gasteiger partial charge in [-0.25, -0.2) is 0 Å². The molecule has 0 aromatic carbocycles. The van der Waals surface area contributed by atoms with Crippen LogP contribution >= 0.6 is 0 Å². The Kier molecular flexibility index (Phi) is 3.99. The van der Waals surface area contributed by atoms with Crippen LogP contribution in [0.2, 0.25) is 0 Å². The van der Waals surface area contributed by atoms with Crippen molar-refractivity contribution in [2.75, 3.05) is 13.1 Å². The number of hydrogen-bond acceptors (Lipinski definition) is 6. The molecule has 7 nitrogen and oxygen atoms in total. The van der Waals surface area contributed by atoms with Crippen LogP contribution in [0.15, 0.2) is 35.0 Å². The van der Waals surface area contributed by atoms with Gasteiger partial charge in [0.2, 0.25) is 11.8 Å². The van der Waals surface area contributed by atoms with Crippen molar-refractivity contribution in [3.63, 3.8) is 0 Å². The molecule has 3 aromatic heterocycles. The van der Waals surface area contributed by atoms with Gasteiger partial charge in [0.25, 0.3) is 0 Å². The van der Waals surface area contributed by atoms with Gasteiger partial charge >= 0.3 is 0 Å². The van der Waals surface area contributed by atoms with E-state index in [-0.39, 0.29) is 12.2 Å². The molecule has 0 saturated carbocycles. The summed E-state index contributed by atoms with van der Waals surface area (Å²) in [7, 11) is 0. The van der Waals surface area contributed by atoms with Crippen molar-refractivity contribution in [2.45, 2.75) is 32.6 Å². The average Bonchev–Trinajstić information content (AvgIpc) is 3.17.